The first-order chi connectivity index (χ1) is 17.6. The van der Waals surface area contributed by atoms with Crippen molar-refractivity contribution in [2.24, 2.45) is 0 Å². The highest BCUT2D eigenvalue weighted by atomic mass is 32.2. The molecule has 0 saturated heterocycles. The number of carbonyl (C=O) groups excluding carboxylic acids is 2. The lowest BCUT2D eigenvalue weighted by Gasteiger charge is -2.12. The van der Waals surface area contributed by atoms with Crippen molar-refractivity contribution < 1.29 is 14.3 Å². The zero-order valence-electron chi connectivity index (χ0n) is 19.8. The van der Waals surface area contributed by atoms with Crippen molar-refractivity contribution in [3.05, 3.63) is 72.6 Å². The average Bonchev–Trinajstić information content (AvgIpc) is 2.93. The number of hydrogen-bond donors (Lipinski definition) is 1. The Morgan fingerprint density at radius 2 is 1.64 bits per heavy atom. The van der Waals surface area contributed by atoms with Crippen LogP contribution in [0, 0.1) is 0 Å². The quantitative estimate of drug-likeness (QED) is 0.244. The molecule has 0 radical (unpaired) electrons. The maximum atomic E-state index is 13.0. The number of thioether (sulfide) groups is 1. The zero-order valence-corrected chi connectivity index (χ0v) is 20.7. The molecule has 0 spiro atoms. The van der Waals surface area contributed by atoms with Gasteiger partial charge in [-0.05, 0) is 49.4 Å². The Morgan fingerprint density at radius 3 is 2.28 bits per heavy atom. The maximum absolute atomic E-state index is 13.0. The van der Waals surface area contributed by atoms with Crippen LogP contribution in [0.5, 0.6) is 5.75 Å². The summed E-state index contributed by atoms with van der Waals surface area (Å²) in [6.45, 7) is 4.05. The fourth-order valence-electron chi connectivity index (χ4n) is 3.26. The van der Waals surface area contributed by atoms with E-state index in [4.69, 9.17) is 4.74 Å². The molecule has 0 bridgehead atoms. The van der Waals surface area contributed by atoms with Gasteiger partial charge in [0.05, 0.1) is 29.4 Å². The summed E-state index contributed by atoms with van der Waals surface area (Å²) >= 11 is 1.17. The van der Waals surface area contributed by atoms with Crippen molar-refractivity contribution in [3.63, 3.8) is 0 Å². The third-order valence-electron chi connectivity index (χ3n) is 5.01. The minimum absolute atomic E-state index is 0.0847. The number of pyridine rings is 2. The summed E-state index contributed by atoms with van der Waals surface area (Å²) < 4.78 is 5.58. The van der Waals surface area contributed by atoms with Crippen LogP contribution in [0.1, 0.15) is 30.6 Å². The van der Waals surface area contributed by atoms with Crippen LogP contribution in [0.4, 0.5) is 5.69 Å². The highest BCUT2D eigenvalue weighted by molar-refractivity contribution is 7.99. The van der Waals surface area contributed by atoms with Crippen molar-refractivity contribution in [1.29, 1.82) is 0 Å². The van der Waals surface area contributed by atoms with Crippen LogP contribution >= 0.6 is 11.8 Å². The summed E-state index contributed by atoms with van der Waals surface area (Å²) in [6, 6.07) is 16.0. The molecule has 9 nitrogen and oxygen atoms in total. The van der Waals surface area contributed by atoms with E-state index in [1.807, 2.05) is 43.3 Å². The number of ether oxygens (including phenoxy) is 1. The van der Waals surface area contributed by atoms with Gasteiger partial charge in [-0.2, -0.15) is 0 Å². The lowest BCUT2D eigenvalue weighted by atomic mass is 10.1. The van der Waals surface area contributed by atoms with Crippen molar-refractivity contribution in [2.75, 3.05) is 17.7 Å². The monoisotopic (exact) mass is 500 g/mol. The molecular weight excluding hydrogens is 476 g/mol. The summed E-state index contributed by atoms with van der Waals surface area (Å²) in [4.78, 5) is 38.3. The van der Waals surface area contributed by atoms with E-state index in [0.717, 1.165) is 0 Å². The van der Waals surface area contributed by atoms with Crippen LogP contribution in [-0.2, 0) is 4.79 Å². The SMILES string of the molecule is CCOc1ccc(C(=O)CSc2nnc(-c3ccccn3)c(-c3ccccn3)n2)cc1NC(=O)CC. The topological polar surface area (TPSA) is 120 Å². The number of nitrogens with zero attached hydrogens (tertiary/aromatic N) is 5. The predicted octanol–water partition coefficient (Wildman–Crippen LogP) is 4.72. The number of benzene rings is 1. The second-order valence-corrected chi connectivity index (χ2v) is 8.42. The van der Waals surface area contributed by atoms with Gasteiger partial charge in [-0.3, -0.25) is 19.6 Å². The molecule has 3 aromatic heterocycles. The summed E-state index contributed by atoms with van der Waals surface area (Å²) in [5, 5.41) is 11.7. The molecule has 4 aromatic rings. The Kier molecular flexibility index (Phi) is 8.30. The fraction of sp³-hybridized carbons (Fsp3) is 0.192. The van der Waals surface area contributed by atoms with E-state index >= 15 is 0 Å². The van der Waals surface area contributed by atoms with Crippen molar-refractivity contribution in [3.8, 4) is 28.5 Å². The van der Waals surface area contributed by atoms with Crippen molar-refractivity contribution in [2.45, 2.75) is 25.4 Å². The van der Waals surface area contributed by atoms with Crippen LogP contribution in [0.2, 0.25) is 0 Å². The molecule has 4 rings (SSSR count). The normalized spacial score (nSPS) is 10.6. The summed E-state index contributed by atoms with van der Waals surface area (Å²) in [7, 11) is 0. The van der Waals surface area contributed by atoms with Crippen LogP contribution in [0.3, 0.4) is 0 Å². The first-order valence-electron chi connectivity index (χ1n) is 11.4. The van der Waals surface area contributed by atoms with Crippen LogP contribution in [0.25, 0.3) is 22.8 Å². The van der Waals surface area contributed by atoms with E-state index in [2.05, 4.69) is 30.5 Å². The number of amides is 1. The average molecular weight is 501 g/mol. The molecule has 182 valence electrons. The smallest absolute Gasteiger partial charge is 0.224 e. The minimum atomic E-state index is -0.163. The third-order valence-corrected chi connectivity index (χ3v) is 5.85. The van der Waals surface area contributed by atoms with E-state index in [0.29, 0.717) is 58.0 Å². The largest absolute Gasteiger partial charge is 0.492 e. The van der Waals surface area contributed by atoms with E-state index in [9.17, 15) is 9.59 Å². The molecular formula is C26H24N6O3S. The lowest BCUT2D eigenvalue weighted by Crippen LogP contribution is -2.12. The molecule has 1 N–H and O–H groups in total. The molecule has 0 atom stereocenters. The van der Waals surface area contributed by atoms with Gasteiger partial charge < -0.3 is 10.1 Å². The second kappa shape index (κ2) is 12.0. The molecule has 0 fully saturated rings. The predicted molar refractivity (Wildman–Crippen MR) is 138 cm³/mol. The summed E-state index contributed by atoms with van der Waals surface area (Å²) in [6.07, 6.45) is 3.67. The Labute approximate surface area is 212 Å². The maximum Gasteiger partial charge on any atom is 0.224 e. The Balaban J connectivity index is 1.56. The number of Topliss-reactive ketones (excluding diaryl/α,β-unsaturated/α-hetero) is 1. The molecule has 0 aliphatic heterocycles. The van der Waals surface area contributed by atoms with Crippen LogP contribution < -0.4 is 10.1 Å². The number of nitrogens with one attached hydrogen (secondary N) is 1. The molecule has 10 heteroatoms. The second-order valence-electron chi connectivity index (χ2n) is 7.48. The molecule has 36 heavy (non-hydrogen) atoms. The van der Waals surface area contributed by atoms with Gasteiger partial charge >= 0.3 is 0 Å². The third kappa shape index (κ3) is 6.08. The van der Waals surface area contributed by atoms with Gasteiger partial charge in [-0.15, -0.1) is 10.2 Å². The number of carbonyl (C=O) groups is 2. The molecule has 0 aliphatic rings. The number of aromatic nitrogens is 5. The van der Waals surface area contributed by atoms with Crippen molar-refractivity contribution >= 4 is 29.1 Å². The first kappa shape index (κ1) is 24.9. The first-order valence-corrected chi connectivity index (χ1v) is 12.4. The van der Waals surface area contributed by atoms with Gasteiger partial charge in [0.1, 0.15) is 17.1 Å². The number of anilines is 1. The molecule has 0 aliphatic carbocycles. The molecule has 0 saturated carbocycles. The lowest BCUT2D eigenvalue weighted by molar-refractivity contribution is -0.115. The fourth-order valence-corrected chi connectivity index (χ4v) is 3.94. The van der Waals surface area contributed by atoms with Gasteiger partial charge in [-0.25, -0.2) is 4.98 Å². The number of rotatable bonds is 10. The molecule has 0 unspecified atom stereocenters. The standard InChI is InChI=1S/C26H24N6O3S/c1-3-23(34)29-20-15-17(11-12-22(20)35-4-2)21(33)16-36-26-30-24(18-9-5-7-13-27-18)25(31-32-26)19-10-6-8-14-28-19/h5-15H,3-4,16H2,1-2H3,(H,29,34). The van der Waals surface area contributed by atoms with Gasteiger partial charge in [0.15, 0.2) is 5.78 Å². The van der Waals surface area contributed by atoms with Gasteiger partial charge in [-0.1, -0.05) is 30.8 Å². The highest BCUT2D eigenvalue weighted by Gasteiger charge is 2.17. The molecule has 1 amide bonds. The number of ketones is 1. The van der Waals surface area contributed by atoms with E-state index < -0.39 is 0 Å². The Hall–Kier alpha value is -4.18. The van der Waals surface area contributed by atoms with Crippen LogP contribution in [0.15, 0.2) is 72.1 Å². The van der Waals surface area contributed by atoms with Gasteiger partial charge in [0.2, 0.25) is 11.1 Å². The van der Waals surface area contributed by atoms with Gasteiger partial charge in [0, 0.05) is 24.4 Å². The zero-order chi connectivity index (χ0) is 25.3. The van der Waals surface area contributed by atoms with E-state index in [-0.39, 0.29) is 17.4 Å². The summed E-state index contributed by atoms with van der Waals surface area (Å²) in [5.41, 5.74) is 3.21. The minimum Gasteiger partial charge on any atom is -0.492 e. The highest BCUT2D eigenvalue weighted by Crippen LogP contribution is 2.29. The van der Waals surface area contributed by atoms with Crippen molar-refractivity contribution in [1.82, 2.24) is 25.1 Å². The summed E-state index contributed by atoms with van der Waals surface area (Å²) in [5.74, 6) is 0.291. The van der Waals surface area contributed by atoms with E-state index in [1.54, 1.807) is 37.5 Å². The molecule has 3 heterocycles. The van der Waals surface area contributed by atoms with Crippen LogP contribution in [-0.4, -0.2) is 49.2 Å². The molecule has 1 aromatic carbocycles. The van der Waals surface area contributed by atoms with E-state index in [1.165, 1.54) is 11.8 Å². The number of hydrogen-bond acceptors (Lipinski definition) is 9. The van der Waals surface area contributed by atoms with Gasteiger partial charge in [0.25, 0.3) is 0 Å². The Bertz CT molecular complexity index is 1350. The Morgan fingerprint density at radius 1 is 0.917 bits per heavy atom.